The van der Waals surface area contributed by atoms with Gasteiger partial charge in [0.2, 0.25) is 0 Å². The molecule has 164 valence electrons. The number of benzene rings is 2. The molecule has 0 saturated carbocycles. The molecule has 2 rings (SSSR count). The van der Waals surface area contributed by atoms with E-state index in [9.17, 15) is 5.11 Å². The van der Waals surface area contributed by atoms with Crippen LogP contribution in [0.4, 0.5) is 0 Å². The Hall–Kier alpha value is -2.33. The van der Waals surface area contributed by atoms with Crippen molar-refractivity contribution < 1.29 is 14.6 Å². The Balaban J connectivity index is 2.46. The van der Waals surface area contributed by atoms with E-state index in [-0.39, 0.29) is 5.54 Å². The van der Waals surface area contributed by atoms with Gasteiger partial charge in [0.05, 0.1) is 19.8 Å². The van der Waals surface area contributed by atoms with Gasteiger partial charge in [0.15, 0.2) is 11.5 Å². The summed E-state index contributed by atoms with van der Waals surface area (Å²) in [6.45, 7) is 12.8. The summed E-state index contributed by atoms with van der Waals surface area (Å²) in [6, 6.07) is 11.7. The van der Waals surface area contributed by atoms with Crippen molar-refractivity contribution in [3.05, 3.63) is 58.7 Å². The molecule has 0 spiro atoms. The zero-order valence-electron chi connectivity index (χ0n) is 19.7. The van der Waals surface area contributed by atoms with Crippen molar-refractivity contribution in [2.45, 2.75) is 66.0 Å². The van der Waals surface area contributed by atoms with E-state index in [0.717, 1.165) is 40.8 Å². The summed E-state index contributed by atoms with van der Waals surface area (Å²) >= 11 is 0. The van der Waals surface area contributed by atoms with Gasteiger partial charge in [0.25, 0.3) is 0 Å². The van der Waals surface area contributed by atoms with E-state index in [1.807, 2.05) is 50.2 Å². The molecule has 2 aromatic carbocycles. The molecule has 0 saturated heterocycles. The van der Waals surface area contributed by atoms with Crippen LogP contribution in [0, 0.1) is 12.8 Å². The van der Waals surface area contributed by atoms with E-state index in [0.29, 0.717) is 17.4 Å². The first-order valence-corrected chi connectivity index (χ1v) is 10.7. The maximum atomic E-state index is 11.3. The molecule has 0 radical (unpaired) electrons. The van der Waals surface area contributed by atoms with Crippen molar-refractivity contribution in [1.82, 2.24) is 0 Å². The minimum Gasteiger partial charge on any atom is -0.493 e. The Morgan fingerprint density at radius 1 is 1.13 bits per heavy atom. The van der Waals surface area contributed by atoms with Gasteiger partial charge in [0, 0.05) is 11.3 Å². The minimum absolute atomic E-state index is 0.155. The van der Waals surface area contributed by atoms with E-state index in [2.05, 4.69) is 27.7 Å². The van der Waals surface area contributed by atoms with E-state index in [1.165, 1.54) is 0 Å². The molecular weight excluding hydrogens is 374 g/mol. The van der Waals surface area contributed by atoms with Crippen molar-refractivity contribution in [3.8, 4) is 11.5 Å². The lowest BCUT2D eigenvalue weighted by molar-refractivity contribution is 0.219. The molecular formula is C26H37NO3. The standard InChI is InChI=1S/C26H37NO3/c1-9-17(2)16-26(5,6)27-19(4)21-12-10-11-13-22(21)24(28)20-14-18(3)25(30-8)23(15-20)29-7/h10-15,17,24,28H,9,16H2,1-8H3. The van der Waals surface area contributed by atoms with Gasteiger partial charge in [-0.05, 0) is 68.9 Å². The number of hydrogen-bond acceptors (Lipinski definition) is 4. The number of nitrogens with zero attached hydrogens (tertiary/aromatic N) is 1. The molecule has 0 aromatic heterocycles. The van der Waals surface area contributed by atoms with Crippen LogP contribution in [0.2, 0.25) is 0 Å². The van der Waals surface area contributed by atoms with Crippen molar-refractivity contribution in [3.63, 3.8) is 0 Å². The summed E-state index contributed by atoms with van der Waals surface area (Å²) in [5, 5.41) is 11.3. The molecule has 0 aliphatic heterocycles. The second-order valence-electron chi connectivity index (χ2n) is 8.79. The molecule has 4 heteroatoms. The molecule has 0 bridgehead atoms. The summed E-state index contributed by atoms with van der Waals surface area (Å²) in [5.41, 5.74) is 4.28. The van der Waals surface area contributed by atoms with Crippen LogP contribution in [-0.2, 0) is 0 Å². The highest BCUT2D eigenvalue weighted by Gasteiger charge is 2.23. The smallest absolute Gasteiger partial charge is 0.163 e. The van der Waals surface area contributed by atoms with Gasteiger partial charge in [-0.1, -0.05) is 44.5 Å². The highest BCUT2D eigenvalue weighted by Crippen LogP contribution is 2.36. The van der Waals surface area contributed by atoms with Crippen LogP contribution in [0.3, 0.4) is 0 Å². The first-order valence-electron chi connectivity index (χ1n) is 10.7. The summed E-state index contributed by atoms with van der Waals surface area (Å²) in [4.78, 5) is 5.04. The Kier molecular flexibility index (Phi) is 8.08. The van der Waals surface area contributed by atoms with Crippen LogP contribution < -0.4 is 9.47 Å². The number of aliphatic imine (C=N–C) groups is 1. The first kappa shape index (κ1) is 23.9. The predicted octanol–water partition coefficient (Wildman–Crippen LogP) is 6.12. The Morgan fingerprint density at radius 2 is 1.80 bits per heavy atom. The van der Waals surface area contributed by atoms with E-state index in [1.54, 1.807) is 14.2 Å². The zero-order valence-corrected chi connectivity index (χ0v) is 19.7. The number of aryl methyl sites for hydroxylation is 1. The van der Waals surface area contributed by atoms with Crippen molar-refractivity contribution in [2.75, 3.05) is 14.2 Å². The number of methoxy groups -OCH3 is 2. The molecule has 2 atom stereocenters. The number of aliphatic hydroxyl groups excluding tert-OH is 1. The Morgan fingerprint density at radius 3 is 2.40 bits per heavy atom. The summed E-state index contributed by atoms with van der Waals surface area (Å²) < 4.78 is 10.9. The van der Waals surface area contributed by atoms with Crippen molar-refractivity contribution >= 4 is 5.71 Å². The lowest BCUT2D eigenvalue weighted by Gasteiger charge is -2.25. The lowest BCUT2D eigenvalue weighted by atomic mass is 9.89. The topological polar surface area (TPSA) is 51.1 Å². The van der Waals surface area contributed by atoms with Gasteiger partial charge >= 0.3 is 0 Å². The average Bonchev–Trinajstić information content (AvgIpc) is 2.71. The van der Waals surface area contributed by atoms with Crippen molar-refractivity contribution in [2.24, 2.45) is 10.9 Å². The highest BCUT2D eigenvalue weighted by atomic mass is 16.5. The number of aliphatic hydroxyl groups is 1. The minimum atomic E-state index is -0.789. The monoisotopic (exact) mass is 411 g/mol. The summed E-state index contributed by atoms with van der Waals surface area (Å²) in [6.07, 6.45) is 1.38. The molecule has 0 heterocycles. The highest BCUT2D eigenvalue weighted by molar-refractivity contribution is 6.00. The third-order valence-corrected chi connectivity index (χ3v) is 5.66. The molecule has 30 heavy (non-hydrogen) atoms. The molecule has 0 aliphatic carbocycles. The third-order valence-electron chi connectivity index (χ3n) is 5.66. The van der Waals surface area contributed by atoms with Gasteiger partial charge in [-0.15, -0.1) is 0 Å². The van der Waals surface area contributed by atoms with Gasteiger partial charge in [-0.25, -0.2) is 0 Å². The fraction of sp³-hybridized carbons (Fsp3) is 0.500. The quantitative estimate of drug-likeness (QED) is 0.506. The fourth-order valence-corrected chi connectivity index (χ4v) is 4.14. The van der Waals surface area contributed by atoms with Gasteiger partial charge < -0.3 is 14.6 Å². The van der Waals surface area contributed by atoms with E-state index >= 15 is 0 Å². The predicted molar refractivity (Wildman–Crippen MR) is 125 cm³/mol. The van der Waals surface area contributed by atoms with Crippen LogP contribution in [0.5, 0.6) is 11.5 Å². The molecule has 2 aromatic rings. The first-order chi connectivity index (χ1) is 14.1. The summed E-state index contributed by atoms with van der Waals surface area (Å²) in [7, 11) is 3.23. The van der Waals surface area contributed by atoms with Crippen LogP contribution >= 0.6 is 0 Å². The molecule has 0 aliphatic rings. The lowest BCUT2D eigenvalue weighted by Crippen LogP contribution is -2.22. The number of hydrogen-bond donors (Lipinski definition) is 1. The molecule has 2 unspecified atom stereocenters. The van der Waals surface area contributed by atoms with Gasteiger partial charge in [0.1, 0.15) is 6.10 Å². The summed E-state index contributed by atoms with van der Waals surface area (Å²) in [5.74, 6) is 1.92. The maximum Gasteiger partial charge on any atom is 0.163 e. The third kappa shape index (κ3) is 5.63. The number of ether oxygens (including phenoxy) is 2. The molecule has 1 N–H and O–H groups in total. The molecule has 4 nitrogen and oxygen atoms in total. The Labute approximate surface area is 182 Å². The Bertz CT molecular complexity index is 886. The van der Waals surface area contributed by atoms with Crippen LogP contribution in [0.15, 0.2) is 41.4 Å². The van der Waals surface area contributed by atoms with Gasteiger partial charge in [-0.2, -0.15) is 0 Å². The maximum absolute atomic E-state index is 11.3. The fourth-order valence-electron chi connectivity index (χ4n) is 4.14. The van der Waals surface area contributed by atoms with E-state index in [4.69, 9.17) is 14.5 Å². The van der Waals surface area contributed by atoms with E-state index < -0.39 is 6.10 Å². The van der Waals surface area contributed by atoms with Crippen LogP contribution in [0.25, 0.3) is 0 Å². The SMILES string of the molecule is CCC(C)CC(C)(C)N=C(C)c1ccccc1C(O)c1cc(C)c(OC)c(OC)c1. The zero-order chi connectivity index (χ0) is 22.5. The van der Waals surface area contributed by atoms with Crippen LogP contribution in [-0.4, -0.2) is 30.6 Å². The van der Waals surface area contributed by atoms with Crippen LogP contribution in [0.1, 0.15) is 75.8 Å². The molecule has 0 fully saturated rings. The molecule has 0 amide bonds. The van der Waals surface area contributed by atoms with Gasteiger partial charge in [-0.3, -0.25) is 4.99 Å². The average molecular weight is 412 g/mol. The normalized spacial score (nSPS) is 14.4. The second kappa shape index (κ2) is 10.1. The second-order valence-corrected chi connectivity index (χ2v) is 8.79. The number of rotatable bonds is 9. The largest absolute Gasteiger partial charge is 0.493 e. The van der Waals surface area contributed by atoms with Crippen molar-refractivity contribution in [1.29, 1.82) is 0 Å².